The Bertz CT molecular complexity index is 1030. The zero-order valence-corrected chi connectivity index (χ0v) is 46.0. The van der Waals surface area contributed by atoms with Gasteiger partial charge in [-0.05, 0) is 31.1 Å². The Morgan fingerprint density at radius 2 is 0.567 bits per heavy atom. The molecule has 67 heavy (non-hydrogen) atoms. The van der Waals surface area contributed by atoms with Crippen LogP contribution in [0.5, 0.6) is 0 Å². The minimum absolute atomic E-state index is 0.0625. The van der Waals surface area contributed by atoms with Crippen molar-refractivity contribution in [2.24, 2.45) is 11.8 Å². The number of esters is 3. The molecule has 0 aromatic heterocycles. The van der Waals surface area contributed by atoms with Gasteiger partial charge in [0.05, 0.1) is 0 Å². The third-order valence-corrected chi connectivity index (χ3v) is 14.3. The van der Waals surface area contributed by atoms with Crippen LogP contribution in [0.25, 0.3) is 0 Å². The maximum Gasteiger partial charge on any atom is 0.306 e. The molecular formula is C61H118O6. The van der Waals surface area contributed by atoms with E-state index in [-0.39, 0.29) is 31.1 Å². The first-order chi connectivity index (χ1) is 32.8. The number of rotatable bonds is 55. The smallest absolute Gasteiger partial charge is 0.306 e. The molecule has 0 aliphatic rings. The molecule has 0 aliphatic carbocycles. The lowest BCUT2D eigenvalue weighted by Crippen LogP contribution is -2.30. The van der Waals surface area contributed by atoms with Crippen LogP contribution in [-0.4, -0.2) is 37.2 Å². The third kappa shape index (κ3) is 53.6. The predicted octanol–water partition coefficient (Wildman–Crippen LogP) is 20.0. The summed E-state index contributed by atoms with van der Waals surface area (Å²) in [6.07, 6.45) is 58.2. The lowest BCUT2D eigenvalue weighted by Gasteiger charge is -2.18. The number of hydrogen-bond acceptors (Lipinski definition) is 6. The molecule has 0 rings (SSSR count). The van der Waals surface area contributed by atoms with Gasteiger partial charge in [0.15, 0.2) is 6.10 Å². The molecule has 6 nitrogen and oxygen atoms in total. The normalized spacial score (nSPS) is 12.4. The Kier molecular flexibility index (Phi) is 52.5. The van der Waals surface area contributed by atoms with Gasteiger partial charge in [-0.15, -0.1) is 0 Å². The van der Waals surface area contributed by atoms with Crippen molar-refractivity contribution in [3.8, 4) is 0 Å². The van der Waals surface area contributed by atoms with Crippen molar-refractivity contribution in [2.75, 3.05) is 13.2 Å². The highest BCUT2D eigenvalue weighted by atomic mass is 16.6. The second-order valence-corrected chi connectivity index (χ2v) is 21.7. The lowest BCUT2D eigenvalue weighted by atomic mass is 9.99. The molecular weight excluding hydrogens is 829 g/mol. The number of carbonyl (C=O) groups is 3. The predicted molar refractivity (Wildman–Crippen MR) is 289 cm³/mol. The average molecular weight is 948 g/mol. The second kappa shape index (κ2) is 53.8. The highest BCUT2D eigenvalue weighted by Crippen LogP contribution is 2.19. The van der Waals surface area contributed by atoms with Crippen LogP contribution in [0.1, 0.15) is 343 Å². The van der Waals surface area contributed by atoms with E-state index in [4.69, 9.17) is 14.2 Å². The molecule has 398 valence electrons. The summed E-state index contributed by atoms with van der Waals surface area (Å²) in [7, 11) is 0. The largest absolute Gasteiger partial charge is 0.462 e. The van der Waals surface area contributed by atoms with E-state index in [1.165, 1.54) is 231 Å². The van der Waals surface area contributed by atoms with Crippen LogP contribution >= 0.6 is 0 Å². The minimum atomic E-state index is -0.762. The van der Waals surface area contributed by atoms with Gasteiger partial charge in [-0.1, -0.05) is 304 Å². The number of hydrogen-bond donors (Lipinski definition) is 0. The van der Waals surface area contributed by atoms with E-state index in [2.05, 4.69) is 34.6 Å². The molecule has 1 unspecified atom stereocenters. The Hall–Kier alpha value is -1.59. The van der Waals surface area contributed by atoms with Crippen molar-refractivity contribution in [1.29, 1.82) is 0 Å². The molecule has 0 aromatic rings. The van der Waals surface area contributed by atoms with E-state index in [9.17, 15) is 14.4 Å². The first kappa shape index (κ1) is 65.4. The highest BCUT2D eigenvalue weighted by molar-refractivity contribution is 5.71. The summed E-state index contributed by atoms with van der Waals surface area (Å²) < 4.78 is 16.9. The van der Waals surface area contributed by atoms with Gasteiger partial charge < -0.3 is 14.2 Å². The molecule has 0 N–H and O–H groups in total. The quantitative estimate of drug-likeness (QED) is 0.0343. The Balaban J connectivity index is 4.18. The van der Waals surface area contributed by atoms with Crippen LogP contribution < -0.4 is 0 Å². The zero-order valence-electron chi connectivity index (χ0n) is 46.0. The van der Waals surface area contributed by atoms with Gasteiger partial charge in [0.2, 0.25) is 0 Å². The van der Waals surface area contributed by atoms with E-state index in [0.717, 1.165) is 69.6 Å². The lowest BCUT2D eigenvalue weighted by molar-refractivity contribution is -0.167. The van der Waals surface area contributed by atoms with Crippen LogP contribution in [0.4, 0.5) is 0 Å². The molecule has 0 saturated heterocycles. The van der Waals surface area contributed by atoms with Crippen molar-refractivity contribution in [2.45, 2.75) is 349 Å². The van der Waals surface area contributed by atoms with Crippen LogP contribution in [0.2, 0.25) is 0 Å². The van der Waals surface area contributed by atoms with E-state index < -0.39 is 6.10 Å². The van der Waals surface area contributed by atoms with Gasteiger partial charge in [-0.3, -0.25) is 14.4 Å². The Morgan fingerprint density at radius 1 is 0.313 bits per heavy atom. The molecule has 0 aliphatic heterocycles. The van der Waals surface area contributed by atoms with E-state index in [1.807, 2.05) is 0 Å². The van der Waals surface area contributed by atoms with Crippen LogP contribution in [-0.2, 0) is 28.6 Å². The fraction of sp³-hybridized carbons (Fsp3) is 0.951. The summed E-state index contributed by atoms with van der Waals surface area (Å²) in [6.45, 7) is 11.5. The van der Waals surface area contributed by atoms with Gasteiger partial charge in [0, 0.05) is 19.3 Å². The summed E-state index contributed by atoms with van der Waals surface area (Å²) >= 11 is 0. The standard InChI is InChI=1S/C61H118O6/c1-6-8-9-10-11-29-36-41-46-51-59(62)65-54-58(55-66-60(63)52-47-42-37-32-27-23-20-16-17-21-25-30-34-39-44-49-56(3)4)67-61(64)53-48-43-38-33-28-24-19-15-13-12-14-18-22-26-31-35-40-45-50-57(5)7-2/h56-58H,6-55H2,1-5H3/t57?,58-/m0/s1. The topological polar surface area (TPSA) is 78.9 Å². The highest BCUT2D eigenvalue weighted by Gasteiger charge is 2.19. The number of carbonyl (C=O) groups excluding carboxylic acids is 3. The van der Waals surface area contributed by atoms with Crippen molar-refractivity contribution < 1.29 is 28.6 Å². The summed E-state index contributed by atoms with van der Waals surface area (Å²) in [6, 6.07) is 0. The number of ether oxygens (including phenoxy) is 3. The summed E-state index contributed by atoms with van der Waals surface area (Å²) in [5.74, 6) is 0.919. The molecule has 0 spiro atoms. The van der Waals surface area contributed by atoms with Gasteiger partial charge in [0.25, 0.3) is 0 Å². The first-order valence-corrected chi connectivity index (χ1v) is 30.3. The summed E-state index contributed by atoms with van der Waals surface area (Å²) in [5, 5.41) is 0. The molecule has 0 bridgehead atoms. The molecule has 6 heteroatoms. The fourth-order valence-electron chi connectivity index (χ4n) is 9.37. The molecule has 0 saturated carbocycles. The first-order valence-electron chi connectivity index (χ1n) is 30.3. The van der Waals surface area contributed by atoms with Crippen molar-refractivity contribution >= 4 is 17.9 Å². The molecule has 0 heterocycles. The average Bonchev–Trinajstić information content (AvgIpc) is 3.31. The van der Waals surface area contributed by atoms with E-state index >= 15 is 0 Å². The van der Waals surface area contributed by atoms with Crippen LogP contribution in [0.3, 0.4) is 0 Å². The van der Waals surface area contributed by atoms with Crippen LogP contribution in [0.15, 0.2) is 0 Å². The molecule has 0 aromatic carbocycles. The Labute approximate surface area is 418 Å². The third-order valence-electron chi connectivity index (χ3n) is 14.3. The van der Waals surface area contributed by atoms with Crippen LogP contribution in [0, 0.1) is 11.8 Å². The van der Waals surface area contributed by atoms with Gasteiger partial charge in [0.1, 0.15) is 13.2 Å². The van der Waals surface area contributed by atoms with Gasteiger partial charge in [-0.25, -0.2) is 0 Å². The van der Waals surface area contributed by atoms with E-state index in [0.29, 0.717) is 19.3 Å². The van der Waals surface area contributed by atoms with Crippen molar-refractivity contribution in [3.63, 3.8) is 0 Å². The minimum Gasteiger partial charge on any atom is -0.462 e. The molecule has 0 radical (unpaired) electrons. The van der Waals surface area contributed by atoms with Gasteiger partial charge in [-0.2, -0.15) is 0 Å². The summed E-state index contributed by atoms with van der Waals surface area (Å²) in [4.78, 5) is 38.1. The molecule has 0 amide bonds. The summed E-state index contributed by atoms with van der Waals surface area (Å²) in [5.41, 5.74) is 0. The fourth-order valence-corrected chi connectivity index (χ4v) is 9.37. The zero-order chi connectivity index (χ0) is 48.9. The molecule has 0 fully saturated rings. The SMILES string of the molecule is CCCCCCCCCCCC(=O)OC[C@@H](COC(=O)CCCCCCCCCCCCCCCCCC(C)C)OC(=O)CCCCCCCCCCCCCCCCCCCCC(C)CC. The number of unbranched alkanes of at least 4 members (excludes halogenated alkanes) is 39. The Morgan fingerprint density at radius 3 is 0.851 bits per heavy atom. The van der Waals surface area contributed by atoms with Crippen molar-refractivity contribution in [3.05, 3.63) is 0 Å². The maximum atomic E-state index is 12.9. The van der Waals surface area contributed by atoms with Gasteiger partial charge >= 0.3 is 17.9 Å². The molecule has 2 atom stereocenters. The maximum absolute atomic E-state index is 12.9. The van der Waals surface area contributed by atoms with Crippen molar-refractivity contribution in [1.82, 2.24) is 0 Å². The monoisotopic (exact) mass is 947 g/mol. The van der Waals surface area contributed by atoms with E-state index in [1.54, 1.807) is 0 Å². The second-order valence-electron chi connectivity index (χ2n) is 21.7.